The van der Waals surface area contributed by atoms with Crippen molar-refractivity contribution in [3.63, 3.8) is 0 Å². The number of nitrogens with zero attached hydrogens (tertiary/aromatic N) is 1. The molecule has 0 radical (unpaired) electrons. The molecule has 0 spiro atoms. The van der Waals surface area contributed by atoms with Gasteiger partial charge in [-0.15, -0.1) is 0 Å². The first kappa shape index (κ1) is 15.8. The van der Waals surface area contributed by atoms with Crippen LogP contribution in [0.25, 0.3) is 0 Å². The quantitative estimate of drug-likeness (QED) is 0.874. The van der Waals surface area contributed by atoms with Crippen LogP contribution in [0.3, 0.4) is 0 Å². The molecule has 0 aromatic heterocycles. The number of carbonyl (C=O) groups is 1. The number of aliphatic hydroxyl groups excluding tert-OH is 1. The SMILES string of the molecule is CCCOc1cccc(CC(=O)N2CCC(CO)CC2)c1. The van der Waals surface area contributed by atoms with Gasteiger partial charge >= 0.3 is 0 Å². The van der Waals surface area contributed by atoms with E-state index in [-0.39, 0.29) is 12.5 Å². The molecule has 1 aromatic carbocycles. The minimum absolute atomic E-state index is 0.166. The second-order valence-corrected chi connectivity index (χ2v) is 5.68. The molecule has 1 aromatic rings. The van der Waals surface area contributed by atoms with Gasteiger partial charge in [0, 0.05) is 19.7 Å². The Bertz CT molecular complexity index is 453. The first-order valence-electron chi connectivity index (χ1n) is 7.83. The monoisotopic (exact) mass is 291 g/mol. The van der Waals surface area contributed by atoms with Crippen molar-refractivity contribution in [1.29, 1.82) is 0 Å². The Morgan fingerprint density at radius 1 is 1.38 bits per heavy atom. The number of carbonyl (C=O) groups excluding carboxylic acids is 1. The number of piperidine rings is 1. The van der Waals surface area contributed by atoms with E-state index in [4.69, 9.17) is 9.84 Å². The highest BCUT2D eigenvalue weighted by atomic mass is 16.5. The van der Waals surface area contributed by atoms with Crippen LogP contribution in [0.2, 0.25) is 0 Å². The van der Waals surface area contributed by atoms with Gasteiger partial charge in [0.25, 0.3) is 0 Å². The highest BCUT2D eigenvalue weighted by Gasteiger charge is 2.22. The van der Waals surface area contributed by atoms with Gasteiger partial charge in [-0.25, -0.2) is 0 Å². The summed E-state index contributed by atoms with van der Waals surface area (Å²) in [5.74, 6) is 1.36. The van der Waals surface area contributed by atoms with Gasteiger partial charge in [-0.2, -0.15) is 0 Å². The van der Waals surface area contributed by atoms with Gasteiger partial charge in [0.2, 0.25) is 5.91 Å². The molecule has 1 fully saturated rings. The molecule has 0 unspecified atom stereocenters. The molecular formula is C17H25NO3. The minimum atomic E-state index is 0.166. The molecule has 0 aliphatic carbocycles. The molecule has 1 saturated heterocycles. The molecule has 1 amide bonds. The Kier molecular flexibility index (Phi) is 6.05. The lowest BCUT2D eigenvalue weighted by atomic mass is 9.97. The zero-order valence-corrected chi connectivity index (χ0v) is 12.8. The van der Waals surface area contributed by atoms with Gasteiger partial charge in [0.15, 0.2) is 0 Å². The summed E-state index contributed by atoms with van der Waals surface area (Å²) in [6.07, 6.45) is 3.21. The summed E-state index contributed by atoms with van der Waals surface area (Å²) in [5, 5.41) is 9.14. The normalized spacial score (nSPS) is 16.0. The number of benzene rings is 1. The van der Waals surface area contributed by atoms with E-state index < -0.39 is 0 Å². The second kappa shape index (κ2) is 8.03. The van der Waals surface area contributed by atoms with Crippen LogP contribution in [-0.4, -0.2) is 42.2 Å². The fraction of sp³-hybridized carbons (Fsp3) is 0.588. The van der Waals surface area contributed by atoms with Crippen molar-refractivity contribution in [1.82, 2.24) is 4.90 Å². The van der Waals surface area contributed by atoms with Crippen molar-refractivity contribution < 1.29 is 14.6 Å². The van der Waals surface area contributed by atoms with E-state index >= 15 is 0 Å². The molecule has 0 bridgehead atoms. The molecule has 2 rings (SSSR count). The van der Waals surface area contributed by atoms with Gasteiger partial charge < -0.3 is 14.7 Å². The third kappa shape index (κ3) is 4.74. The average Bonchev–Trinajstić information content (AvgIpc) is 2.53. The van der Waals surface area contributed by atoms with Crippen LogP contribution in [0.5, 0.6) is 5.75 Å². The van der Waals surface area contributed by atoms with Crippen LogP contribution in [0, 0.1) is 5.92 Å². The van der Waals surface area contributed by atoms with Gasteiger partial charge in [0.05, 0.1) is 13.0 Å². The summed E-state index contributed by atoms with van der Waals surface area (Å²) < 4.78 is 5.60. The lowest BCUT2D eigenvalue weighted by molar-refractivity contribution is -0.132. The highest BCUT2D eigenvalue weighted by Crippen LogP contribution is 2.19. The van der Waals surface area contributed by atoms with Crippen molar-refractivity contribution >= 4 is 5.91 Å². The van der Waals surface area contributed by atoms with Crippen LogP contribution in [0.1, 0.15) is 31.7 Å². The van der Waals surface area contributed by atoms with Crippen molar-refractivity contribution in [3.8, 4) is 5.75 Å². The van der Waals surface area contributed by atoms with Gasteiger partial charge in [0.1, 0.15) is 5.75 Å². The highest BCUT2D eigenvalue weighted by molar-refractivity contribution is 5.79. The summed E-state index contributed by atoms with van der Waals surface area (Å²) >= 11 is 0. The fourth-order valence-corrected chi connectivity index (χ4v) is 2.62. The first-order valence-corrected chi connectivity index (χ1v) is 7.83. The maximum Gasteiger partial charge on any atom is 0.226 e. The molecule has 1 heterocycles. The molecule has 1 aliphatic heterocycles. The predicted molar refractivity (Wildman–Crippen MR) is 82.3 cm³/mol. The molecule has 1 aliphatic rings. The van der Waals surface area contributed by atoms with Crippen LogP contribution in [-0.2, 0) is 11.2 Å². The summed E-state index contributed by atoms with van der Waals surface area (Å²) in [6, 6.07) is 7.78. The first-order chi connectivity index (χ1) is 10.2. The summed E-state index contributed by atoms with van der Waals surface area (Å²) in [4.78, 5) is 14.2. The molecule has 4 heteroatoms. The lowest BCUT2D eigenvalue weighted by Crippen LogP contribution is -2.40. The van der Waals surface area contributed by atoms with Crippen molar-refractivity contribution in [3.05, 3.63) is 29.8 Å². The Morgan fingerprint density at radius 2 is 2.14 bits per heavy atom. The number of ether oxygens (including phenoxy) is 1. The largest absolute Gasteiger partial charge is 0.494 e. The number of hydrogen-bond acceptors (Lipinski definition) is 3. The second-order valence-electron chi connectivity index (χ2n) is 5.68. The van der Waals surface area contributed by atoms with Crippen molar-refractivity contribution in [2.75, 3.05) is 26.3 Å². The van der Waals surface area contributed by atoms with Crippen LogP contribution in [0.15, 0.2) is 24.3 Å². The smallest absolute Gasteiger partial charge is 0.226 e. The van der Waals surface area contributed by atoms with Gasteiger partial charge in [-0.1, -0.05) is 19.1 Å². The minimum Gasteiger partial charge on any atom is -0.494 e. The Balaban J connectivity index is 1.87. The maximum atomic E-state index is 12.3. The topological polar surface area (TPSA) is 49.8 Å². The fourth-order valence-electron chi connectivity index (χ4n) is 2.62. The molecule has 21 heavy (non-hydrogen) atoms. The van der Waals surface area contributed by atoms with Crippen LogP contribution >= 0.6 is 0 Å². The van der Waals surface area contributed by atoms with Crippen LogP contribution in [0.4, 0.5) is 0 Å². The number of amides is 1. The van der Waals surface area contributed by atoms with Crippen LogP contribution < -0.4 is 4.74 Å². The van der Waals surface area contributed by atoms with Crippen molar-refractivity contribution in [2.45, 2.75) is 32.6 Å². The third-order valence-corrected chi connectivity index (χ3v) is 3.95. The van der Waals surface area contributed by atoms with Crippen molar-refractivity contribution in [2.24, 2.45) is 5.92 Å². The molecule has 4 nitrogen and oxygen atoms in total. The van der Waals surface area contributed by atoms with E-state index in [0.29, 0.717) is 18.9 Å². The Labute approximate surface area is 126 Å². The number of hydrogen-bond donors (Lipinski definition) is 1. The maximum absolute atomic E-state index is 12.3. The zero-order valence-electron chi connectivity index (χ0n) is 12.8. The lowest BCUT2D eigenvalue weighted by Gasteiger charge is -2.31. The standard InChI is InChI=1S/C17H25NO3/c1-2-10-21-16-5-3-4-15(11-16)12-17(20)18-8-6-14(13-19)7-9-18/h3-5,11,14,19H,2,6-10,12-13H2,1H3. The predicted octanol–water partition coefficient (Wildman–Crippen LogP) is 2.25. The van der Waals surface area contributed by atoms with Gasteiger partial charge in [-0.05, 0) is 42.9 Å². The van der Waals surface area contributed by atoms with E-state index in [9.17, 15) is 4.79 Å². The number of rotatable bonds is 6. The molecule has 1 N–H and O–H groups in total. The molecule has 0 saturated carbocycles. The van der Waals surface area contributed by atoms with Gasteiger partial charge in [-0.3, -0.25) is 4.79 Å². The van der Waals surface area contributed by atoms with E-state index in [1.807, 2.05) is 29.2 Å². The summed E-state index contributed by atoms with van der Waals surface area (Å²) in [7, 11) is 0. The molecule has 0 atom stereocenters. The number of likely N-dealkylation sites (tertiary alicyclic amines) is 1. The van der Waals surface area contributed by atoms with E-state index in [1.54, 1.807) is 0 Å². The average molecular weight is 291 g/mol. The third-order valence-electron chi connectivity index (χ3n) is 3.95. The Morgan fingerprint density at radius 3 is 2.81 bits per heavy atom. The number of aliphatic hydroxyl groups is 1. The molecule has 116 valence electrons. The summed E-state index contributed by atoms with van der Waals surface area (Å²) in [6.45, 7) is 4.53. The van der Waals surface area contributed by atoms with E-state index in [0.717, 1.165) is 43.7 Å². The summed E-state index contributed by atoms with van der Waals surface area (Å²) in [5.41, 5.74) is 0.998. The molecular weight excluding hydrogens is 266 g/mol. The van der Waals surface area contributed by atoms with E-state index in [2.05, 4.69) is 6.92 Å². The zero-order chi connectivity index (χ0) is 15.1. The Hall–Kier alpha value is -1.55. The van der Waals surface area contributed by atoms with E-state index in [1.165, 1.54) is 0 Å².